The molecule has 1 saturated carbocycles. The van der Waals surface area contributed by atoms with Gasteiger partial charge in [-0.2, -0.15) is 0 Å². The number of unbranched alkanes of at least 4 members (excludes halogenated alkanes) is 7. The average Bonchev–Trinajstić information content (AvgIpc) is 2.89. The molecular weight excluding hydrogens is 492 g/mol. The Morgan fingerprint density at radius 1 is 0.868 bits per heavy atom. The number of Topliss-reactive ketones (excluding diaryl/α,β-unsaturated/α-hetero) is 1. The van der Waals surface area contributed by atoms with E-state index in [1.807, 2.05) is 0 Å². The van der Waals surface area contributed by atoms with Crippen molar-refractivity contribution in [3.63, 3.8) is 0 Å². The van der Waals surface area contributed by atoms with Crippen LogP contribution < -0.4 is 0 Å². The number of ether oxygens (including phenoxy) is 2. The number of carbonyl (C=O) groups excluding carboxylic acids is 2. The maximum Gasteiger partial charge on any atom is 0.331 e. The van der Waals surface area contributed by atoms with Gasteiger partial charge in [-0.15, -0.1) is 0 Å². The molecule has 1 heterocycles. The van der Waals surface area contributed by atoms with Crippen molar-refractivity contribution in [2.45, 2.75) is 128 Å². The molecular formula is C29H48O9. The summed E-state index contributed by atoms with van der Waals surface area (Å²) in [7, 11) is 0. The Morgan fingerprint density at radius 3 is 2.11 bits per heavy atom. The molecule has 8 unspecified atom stereocenters. The predicted molar refractivity (Wildman–Crippen MR) is 141 cm³/mol. The lowest BCUT2D eigenvalue weighted by atomic mass is 9.67. The molecule has 0 aromatic rings. The fourth-order valence-corrected chi connectivity index (χ4v) is 5.88. The minimum absolute atomic E-state index is 0.00106. The maximum absolute atomic E-state index is 13.3. The largest absolute Gasteiger partial charge is 0.478 e. The zero-order valence-electron chi connectivity index (χ0n) is 23.0. The van der Waals surface area contributed by atoms with E-state index >= 15 is 0 Å². The summed E-state index contributed by atoms with van der Waals surface area (Å²) in [6, 6.07) is 0. The van der Waals surface area contributed by atoms with E-state index in [2.05, 4.69) is 13.8 Å². The highest BCUT2D eigenvalue weighted by molar-refractivity contribution is 5.90. The van der Waals surface area contributed by atoms with Crippen LogP contribution in [-0.4, -0.2) is 75.3 Å². The van der Waals surface area contributed by atoms with Crippen LogP contribution in [0.4, 0.5) is 0 Å². The highest BCUT2D eigenvalue weighted by Crippen LogP contribution is 2.42. The number of esters is 1. The molecule has 2 aliphatic rings. The number of carboxylic acids is 1. The molecule has 4 N–H and O–H groups in total. The molecule has 8 atom stereocenters. The van der Waals surface area contributed by atoms with Crippen LogP contribution in [0.15, 0.2) is 12.2 Å². The average molecular weight is 541 g/mol. The third-order valence-electron chi connectivity index (χ3n) is 8.10. The topological polar surface area (TPSA) is 151 Å². The zero-order valence-corrected chi connectivity index (χ0v) is 23.0. The number of rotatable bonds is 16. The fourth-order valence-electron chi connectivity index (χ4n) is 5.88. The van der Waals surface area contributed by atoms with Gasteiger partial charge in [0.05, 0.1) is 6.10 Å². The number of ketones is 1. The molecule has 1 aliphatic carbocycles. The van der Waals surface area contributed by atoms with Gasteiger partial charge in [0.25, 0.3) is 0 Å². The van der Waals surface area contributed by atoms with E-state index in [0.717, 1.165) is 44.6 Å². The Kier molecular flexibility index (Phi) is 14.5. The van der Waals surface area contributed by atoms with Gasteiger partial charge in [-0.25, -0.2) is 9.59 Å². The van der Waals surface area contributed by atoms with Crippen LogP contribution in [-0.2, 0) is 23.9 Å². The van der Waals surface area contributed by atoms with Crippen LogP contribution in [0.5, 0.6) is 0 Å². The quantitative estimate of drug-likeness (QED) is 0.131. The van der Waals surface area contributed by atoms with Gasteiger partial charge in [-0.3, -0.25) is 4.79 Å². The van der Waals surface area contributed by atoms with Gasteiger partial charge in [-0.05, 0) is 24.7 Å². The van der Waals surface area contributed by atoms with Crippen molar-refractivity contribution < 1.29 is 44.3 Å². The number of carbonyl (C=O) groups is 3. The third kappa shape index (κ3) is 10.1. The molecule has 38 heavy (non-hydrogen) atoms. The molecule has 0 amide bonds. The lowest BCUT2D eigenvalue weighted by Gasteiger charge is -2.46. The Balaban J connectivity index is 2.08. The minimum Gasteiger partial charge on any atom is -0.478 e. The van der Waals surface area contributed by atoms with Crippen molar-refractivity contribution in [2.24, 2.45) is 17.8 Å². The van der Waals surface area contributed by atoms with Crippen LogP contribution >= 0.6 is 0 Å². The van der Waals surface area contributed by atoms with Crippen molar-refractivity contribution in [2.75, 3.05) is 6.61 Å². The standard InChI is InChI=1S/C29H48O9/c1-3-5-7-9-11-13-20-17-22(30)21(16-19(20)12-10-8-6-4-2)29-28(36)27(35)26(34)23(38-29)18-37-25(33)15-14-24(31)32/h14-15,19-21,23,26-29,34-36H,3-13,16-18H2,1-2H3,(H,31,32)/b15-14-. The summed E-state index contributed by atoms with van der Waals surface area (Å²) in [5, 5.41) is 40.4. The number of hydrogen-bond acceptors (Lipinski definition) is 8. The Hall–Kier alpha value is -1.81. The monoisotopic (exact) mass is 540 g/mol. The van der Waals surface area contributed by atoms with Crippen molar-refractivity contribution in [1.82, 2.24) is 0 Å². The second-order valence-electron chi connectivity index (χ2n) is 11.0. The molecule has 0 spiro atoms. The van der Waals surface area contributed by atoms with Gasteiger partial charge in [0.2, 0.25) is 0 Å². The first-order chi connectivity index (χ1) is 18.2. The Morgan fingerprint density at radius 2 is 1.47 bits per heavy atom. The van der Waals surface area contributed by atoms with Crippen LogP contribution in [0, 0.1) is 17.8 Å². The van der Waals surface area contributed by atoms with Crippen molar-refractivity contribution in [3.05, 3.63) is 12.2 Å². The van der Waals surface area contributed by atoms with Gasteiger partial charge in [0.15, 0.2) is 0 Å². The first-order valence-electron chi connectivity index (χ1n) is 14.5. The van der Waals surface area contributed by atoms with E-state index < -0.39 is 55.0 Å². The van der Waals surface area contributed by atoms with E-state index in [0.29, 0.717) is 30.8 Å². The van der Waals surface area contributed by atoms with Crippen molar-refractivity contribution >= 4 is 17.7 Å². The number of aliphatic hydroxyl groups excluding tert-OH is 3. The van der Waals surface area contributed by atoms with Crippen molar-refractivity contribution in [1.29, 1.82) is 0 Å². The van der Waals surface area contributed by atoms with Crippen LogP contribution in [0.3, 0.4) is 0 Å². The lowest BCUT2D eigenvalue weighted by molar-refractivity contribution is -0.244. The smallest absolute Gasteiger partial charge is 0.331 e. The summed E-state index contributed by atoms with van der Waals surface area (Å²) < 4.78 is 10.9. The molecule has 9 heteroatoms. The second kappa shape index (κ2) is 17.0. The first-order valence-corrected chi connectivity index (χ1v) is 14.5. The summed E-state index contributed by atoms with van der Waals surface area (Å²) >= 11 is 0. The highest BCUT2D eigenvalue weighted by atomic mass is 16.6. The van der Waals surface area contributed by atoms with Crippen LogP contribution in [0.1, 0.15) is 97.3 Å². The van der Waals surface area contributed by atoms with Crippen LogP contribution in [0.2, 0.25) is 0 Å². The van der Waals surface area contributed by atoms with E-state index in [9.17, 15) is 29.7 Å². The summed E-state index contributed by atoms with van der Waals surface area (Å²) in [6.07, 6.45) is 8.06. The normalized spacial score (nSPS) is 32.0. The summed E-state index contributed by atoms with van der Waals surface area (Å²) in [5.74, 6) is -2.25. The second-order valence-corrected chi connectivity index (χ2v) is 11.0. The van der Waals surface area contributed by atoms with Crippen LogP contribution in [0.25, 0.3) is 0 Å². The van der Waals surface area contributed by atoms with Gasteiger partial charge in [0.1, 0.15) is 36.8 Å². The van der Waals surface area contributed by atoms with Crippen molar-refractivity contribution in [3.8, 4) is 0 Å². The molecule has 9 nitrogen and oxygen atoms in total. The van der Waals surface area contributed by atoms with Gasteiger partial charge in [0, 0.05) is 24.5 Å². The number of carboxylic acid groups (broad SMARTS) is 1. The highest BCUT2D eigenvalue weighted by Gasteiger charge is 2.50. The fraction of sp³-hybridized carbons (Fsp3) is 0.828. The molecule has 218 valence electrons. The molecule has 2 fully saturated rings. The zero-order chi connectivity index (χ0) is 28.1. The summed E-state index contributed by atoms with van der Waals surface area (Å²) in [5.41, 5.74) is 0. The van der Waals surface area contributed by atoms with Gasteiger partial charge in [-0.1, -0.05) is 78.1 Å². The third-order valence-corrected chi connectivity index (χ3v) is 8.10. The lowest BCUT2D eigenvalue weighted by Crippen LogP contribution is -2.62. The Bertz CT molecular complexity index is 767. The number of aliphatic hydroxyl groups is 3. The van der Waals surface area contributed by atoms with E-state index in [4.69, 9.17) is 14.6 Å². The molecule has 1 aliphatic heterocycles. The minimum atomic E-state index is -1.57. The summed E-state index contributed by atoms with van der Waals surface area (Å²) in [4.78, 5) is 35.7. The maximum atomic E-state index is 13.3. The molecule has 1 saturated heterocycles. The molecule has 2 rings (SSSR count). The van der Waals surface area contributed by atoms with Gasteiger partial charge >= 0.3 is 11.9 Å². The Labute approximate surface area is 226 Å². The van der Waals surface area contributed by atoms with E-state index in [1.165, 1.54) is 32.1 Å². The molecule has 0 radical (unpaired) electrons. The molecule has 0 aromatic carbocycles. The number of aliphatic carboxylic acids is 1. The SMILES string of the molecule is CCCCCCCC1CC(=O)C(C2OC(COC(=O)/C=C\C(=O)O)C(O)C(O)C2O)CC1CCCCCC. The number of hydrogen-bond donors (Lipinski definition) is 4. The van der Waals surface area contributed by atoms with Gasteiger partial charge < -0.3 is 29.9 Å². The van der Waals surface area contributed by atoms with E-state index in [-0.39, 0.29) is 5.78 Å². The summed E-state index contributed by atoms with van der Waals surface area (Å²) in [6.45, 7) is 3.91. The predicted octanol–water partition coefficient (Wildman–Crippen LogP) is 3.56. The molecule has 0 aromatic heterocycles. The first kappa shape index (κ1) is 32.4. The van der Waals surface area contributed by atoms with E-state index in [1.54, 1.807) is 0 Å². The molecule has 0 bridgehead atoms.